The topological polar surface area (TPSA) is 114 Å². The van der Waals surface area contributed by atoms with Gasteiger partial charge in [-0.1, -0.05) is 121 Å². The predicted octanol–water partition coefficient (Wildman–Crippen LogP) is 11.9. The van der Waals surface area contributed by atoms with E-state index in [2.05, 4.69) is 101 Å². The van der Waals surface area contributed by atoms with E-state index >= 15 is 0 Å². The zero-order valence-electron chi connectivity index (χ0n) is 31.9. The highest BCUT2D eigenvalue weighted by molar-refractivity contribution is 6.04. The second-order valence-corrected chi connectivity index (χ2v) is 14.6. The first-order valence-electron chi connectivity index (χ1n) is 19.5. The van der Waals surface area contributed by atoms with Crippen molar-refractivity contribution >= 4 is 43.6 Å². The minimum absolute atomic E-state index is 0.564. The first-order valence-corrected chi connectivity index (χ1v) is 19.5. The smallest absolute Gasteiger partial charge is 0.164 e. The van der Waals surface area contributed by atoms with E-state index < -0.39 is 0 Å². The van der Waals surface area contributed by atoms with Gasteiger partial charge in [0.25, 0.3) is 0 Å². The molecular formula is C52H30N8. The van der Waals surface area contributed by atoms with Crippen molar-refractivity contribution < 1.29 is 0 Å². The van der Waals surface area contributed by atoms with Gasteiger partial charge < -0.3 is 0 Å². The molecule has 6 aromatic carbocycles. The minimum Gasteiger partial charge on any atom is -0.254 e. The molecule has 0 saturated heterocycles. The van der Waals surface area contributed by atoms with E-state index in [0.29, 0.717) is 23.0 Å². The van der Waals surface area contributed by atoms with E-state index in [4.69, 9.17) is 24.9 Å². The summed E-state index contributed by atoms with van der Waals surface area (Å²) in [5.74, 6) is 1.69. The normalized spacial score (nSPS) is 11.3. The third-order valence-electron chi connectivity index (χ3n) is 10.9. The Balaban J connectivity index is 0.951. The molecule has 0 saturated carbocycles. The molecule has 0 atom stereocenters. The number of hydrogen-bond acceptors (Lipinski definition) is 8. The van der Waals surface area contributed by atoms with Crippen molar-refractivity contribution in [2.45, 2.75) is 0 Å². The zero-order chi connectivity index (χ0) is 40.0. The lowest BCUT2D eigenvalue weighted by molar-refractivity contribution is 1.07. The highest BCUT2D eigenvalue weighted by Crippen LogP contribution is 2.32. The first-order chi connectivity index (χ1) is 29.6. The molecule has 0 aliphatic rings. The van der Waals surface area contributed by atoms with Gasteiger partial charge in [-0.15, -0.1) is 0 Å². The molecule has 5 heterocycles. The lowest BCUT2D eigenvalue weighted by Gasteiger charge is -2.11. The number of pyridine rings is 4. The monoisotopic (exact) mass is 766 g/mol. The number of rotatable bonds is 6. The Morgan fingerprint density at radius 2 is 0.650 bits per heavy atom. The number of hydrogen-bond donors (Lipinski definition) is 0. The summed E-state index contributed by atoms with van der Waals surface area (Å²) in [6.07, 6.45) is 7.42. The number of nitrogens with zero attached hydrogens (tertiary/aromatic N) is 8. The molecule has 0 N–H and O–H groups in total. The van der Waals surface area contributed by atoms with Crippen LogP contribution in [0.5, 0.6) is 0 Å². The Labute approximate surface area is 344 Å². The molecule has 11 aromatic rings. The highest BCUT2D eigenvalue weighted by Gasteiger charge is 2.15. The Kier molecular flexibility index (Phi) is 8.35. The summed E-state index contributed by atoms with van der Waals surface area (Å²) in [4.78, 5) is 33.9. The fraction of sp³-hybridized carbons (Fsp3) is 0. The average Bonchev–Trinajstić information content (AvgIpc) is 3.33. The van der Waals surface area contributed by atoms with Gasteiger partial charge in [0.15, 0.2) is 17.5 Å². The van der Waals surface area contributed by atoms with Crippen LogP contribution in [0.15, 0.2) is 183 Å². The number of fused-ring (bicyclic) bond motifs is 6. The molecule has 8 heteroatoms. The van der Waals surface area contributed by atoms with Crippen LogP contribution < -0.4 is 0 Å². The molecule has 0 aliphatic carbocycles. The molecule has 5 aromatic heterocycles. The lowest BCUT2D eigenvalue weighted by atomic mass is 10.0. The molecule has 60 heavy (non-hydrogen) atoms. The van der Waals surface area contributed by atoms with Gasteiger partial charge in [0.2, 0.25) is 0 Å². The van der Waals surface area contributed by atoms with E-state index in [1.807, 2.05) is 85.2 Å². The van der Waals surface area contributed by atoms with Gasteiger partial charge in [-0.05, 0) is 58.7 Å². The third kappa shape index (κ3) is 6.33. The van der Waals surface area contributed by atoms with Gasteiger partial charge in [0.05, 0.1) is 33.7 Å². The molecule has 0 spiro atoms. The maximum Gasteiger partial charge on any atom is 0.164 e. The first kappa shape index (κ1) is 34.7. The van der Waals surface area contributed by atoms with Gasteiger partial charge in [-0.2, -0.15) is 5.26 Å². The van der Waals surface area contributed by atoms with Gasteiger partial charge in [-0.25, -0.2) is 15.0 Å². The molecule has 0 bridgehead atoms. The highest BCUT2D eigenvalue weighted by atomic mass is 15.0. The van der Waals surface area contributed by atoms with E-state index in [-0.39, 0.29) is 0 Å². The van der Waals surface area contributed by atoms with Gasteiger partial charge >= 0.3 is 0 Å². The molecule has 0 radical (unpaired) electrons. The summed E-state index contributed by atoms with van der Waals surface area (Å²) in [6, 6.07) is 55.1. The van der Waals surface area contributed by atoms with Crippen LogP contribution in [0.2, 0.25) is 0 Å². The summed E-state index contributed by atoms with van der Waals surface area (Å²) < 4.78 is 0. The third-order valence-corrected chi connectivity index (χ3v) is 10.9. The Hall–Kier alpha value is -8.54. The van der Waals surface area contributed by atoms with Crippen LogP contribution in [0, 0.1) is 11.3 Å². The van der Waals surface area contributed by atoms with Crippen molar-refractivity contribution in [3.63, 3.8) is 0 Å². The Bertz CT molecular complexity index is 3290. The van der Waals surface area contributed by atoms with Crippen molar-refractivity contribution in [3.05, 3.63) is 188 Å². The number of nitriles is 1. The van der Waals surface area contributed by atoms with Gasteiger partial charge in [-0.3, -0.25) is 19.9 Å². The zero-order valence-corrected chi connectivity index (χ0v) is 31.9. The van der Waals surface area contributed by atoms with E-state index in [1.165, 1.54) is 0 Å². The fourth-order valence-corrected chi connectivity index (χ4v) is 7.72. The minimum atomic E-state index is 0.564. The summed E-state index contributed by atoms with van der Waals surface area (Å²) in [5, 5.41) is 13.5. The quantitative estimate of drug-likeness (QED) is 0.154. The van der Waals surface area contributed by atoms with Crippen molar-refractivity contribution in [2.75, 3.05) is 0 Å². The van der Waals surface area contributed by atoms with Crippen LogP contribution in [-0.2, 0) is 0 Å². The lowest BCUT2D eigenvalue weighted by Crippen LogP contribution is -2.00. The van der Waals surface area contributed by atoms with Gasteiger partial charge in [0, 0.05) is 74.1 Å². The van der Waals surface area contributed by atoms with Crippen LogP contribution in [0.3, 0.4) is 0 Å². The van der Waals surface area contributed by atoms with Crippen LogP contribution in [-0.4, -0.2) is 34.9 Å². The van der Waals surface area contributed by atoms with Crippen molar-refractivity contribution in [3.8, 4) is 73.6 Å². The van der Waals surface area contributed by atoms with E-state index in [0.717, 1.165) is 93.7 Å². The molecule has 8 nitrogen and oxygen atoms in total. The summed E-state index contributed by atoms with van der Waals surface area (Å²) in [7, 11) is 0. The van der Waals surface area contributed by atoms with Gasteiger partial charge in [0.1, 0.15) is 0 Å². The number of aromatic nitrogens is 7. The molecule has 278 valence electrons. The molecule has 11 rings (SSSR count). The van der Waals surface area contributed by atoms with Crippen LogP contribution >= 0.6 is 0 Å². The summed E-state index contributed by atoms with van der Waals surface area (Å²) in [6.45, 7) is 0. The van der Waals surface area contributed by atoms with E-state index in [1.54, 1.807) is 12.4 Å². The average molecular weight is 767 g/mol. The maximum absolute atomic E-state index is 9.25. The van der Waals surface area contributed by atoms with Crippen molar-refractivity contribution in [1.29, 1.82) is 5.26 Å². The van der Waals surface area contributed by atoms with Crippen LogP contribution in [0.1, 0.15) is 5.56 Å². The standard InChI is InChI=1S/C52H30N8/c53-29-32-5-7-33(8-6-32)34-9-17-39(18-10-34)50-58-51(40-19-11-35(12-20-40)44-27-42-23-15-37-3-1-25-54-46(37)48(42)56-30-44)60-52(59-50)41-21-13-36(14-22-41)45-28-43-24-16-38-4-2-26-55-47(38)49(43)57-31-45/h1-28,30-31H. The molecular weight excluding hydrogens is 737 g/mol. The van der Waals surface area contributed by atoms with Crippen LogP contribution in [0.4, 0.5) is 0 Å². The molecule has 0 amide bonds. The Morgan fingerprint density at radius 1 is 0.317 bits per heavy atom. The Morgan fingerprint density at radius 3 is 1.05 bits per heavy atom. The largest absolute Gasteiger partial charge is 0.254 e. The fourth-order valence-electron chi connectivity index (χ4n) is 7.72. The van der Waals surface area contributed by atoms with E-state index in [9.17, 15) is 5.26 Å². The molecule has 0 fully saturated rings. The number of benzene rings is 6. The maximum atomic E-state index is 9.25. The second kappa shape index (κ2) is 14.4. The van der Waals surface area contributed by atoms with Crippen molar-refractivity contribution in [1.82, 2.24) is 34.9 Å². The van der Waals surface area contributed by atoms with Crippen molar-refractivity contribution in [2.24, 2.45) is 0 Å². The van der Waals surface area contributed by atoms with Crippen LogP contribution in [0.25, 0.3) is 111 Å². The molecule has 0 aliphatic heterocycles. The molecule has 0 unspecified atom stereocenters. The SMILES string of the molecule is N#Cc1ccc(-c2ccc(-c3nc(-c4ccc(-c5cnc6c(ccc7cccnc76)c5)cc4)nc(-c4ccc(-c5cnc6c(ccc7cccnc76)c5)cc4)n3)cc2)cc1. The summed E-state index contributed by atoms with van der Waals surface area (Å²) in [5.41, 5.74) is 12.9. The predicted molar refractivity (Wildman–Crippen MR) is 238 cm³/mol. The second-order valence-electron chi connectivity index (χ2n) is 14.6. The summed E-state index contributed by atoms with van der Waals surface area (Å²) >= 11 is 0.